The molecule has 4 aromatic rings. The van der Waals surface area contributed by atoms with Crippen LogP contribution in [0.1, 0.15) is 38.8 Å². The van der Waals surface area contributed by atoms with Crippen molar-refractivity contribution in [2.24, 2.45) is 5.10 Å². The van der Waals surface area contributed by atoms with Crippen LogP contribution in [0, 0.1) is 10.1 Å². The first-order valence-electron chi connectivity index (χ1n) is 13.7. The summed E-state index contributed by atoms with van der Waals surface area (Å²) < 4.78 is 16.8. The third kappa shape index (κ3) is 9.67. The van der Waals surface area contributed by atoms with E-state index < -0.39 is 28.7 Å². The van der Waals surface area contributed by atoms with E-state index in [1.807, 2.05) is 0 Å². The maximum absolute atomic E-state index is 12.9. The molecule has 13 nitrogen and oxygen atoms in total. The van der Waals surface area contributed by atoms with E-state index >= 15 is 0 Å². The first kappa shape index (κ1) is 35.2. The summed E-state index contributed by atoms with van der Waals surface area (Å²) in [5.41, 5.74) is 3.75. The topological polar surface area (TPSA) is 176 Å². The van der Waals surface area contributed by atoms with E-state index in [0.717, 1.165) is 6.08 Å². The fourth-order valence-corrected chi connectivity index (χ4v) is 5.38. The molecule has 244 valence electrons. The second-order valence-corrected chi connectivity index (χ2v) is 11.4. The molecule has 0 unspecified atom stereocenters. The van der Waals surface area contributed by atoms with Crippen LogP contribution in [-0.4, -0.2) is 42.0 Å². The maximum Gasteiger partial charge on any atom is 0.336 e. The number of anilines is 1. The summed E-state index contributed by atoms with van der Waals surface area (Å²) >= 11 is 6.72. The number of methoxy groups -OCH3 is 1. The molecule has 4 rings (SSSR count). The van der Waals surface area contributed by atoms with Gasteiger partial charge in [0.05, 0.1) is 22.7 Å². The Kier molecular flexibility index (Phi) is 11.9. The molecule has 0 heterocycles. The van der Waals surface area contributed by atoms with Crippen LogP contribution in [-0.2, 0) is 9.59 Å². The van der Waals surface area contributed by atoms with E-state index in [1.54, 1.807) is 30.3 Å². The molecule has 0 aromatic heterocycles. The minimum Gasteiger partial charge on any atom is -0.493 e. The van der Waals surface area contributed by atoms with Crippen LogP contribution in [0.2, 0.25) is 0 Å². The second kappa shape index (κ2) is 16.2. The van der Waals surface area contributed by atoms with E-state index in [4.69, 9.17) is 14.2 Å². The lowest BCUT2D eigenvalue weighted by atomic mass is 10.1. The van der Waals surface area contributed by atoms with Crippen LogP contribution in [0.4, 0.5) is 11.4 Å². The summed E-state index contributed by atoms with van der Waals surface area (Å²) in [6.45, 7) is 1.25. The van der Waals surface area contributed by atoms with Crippen molar-refractivity contribution >= 4 is 79.3 Å². The van der Waals surface area contributed by atoms with Crippen LogP contribution < -0.4 is 25.0 Å². The Labute approximate surface area is 290 Å². The molecule has 0 spiro atoms. The lowest BCUT2D eigenvalue weighted by Crippen LogP contribution is -2.18. The van der Waals surface area contributed by atoms with Gasteiger partial charge in [-0.25, -0.2) is 10.2 Å². The number of carbonyl (C=O) groups is 4. The van der Waals surface area contributed by atoms with E-state index in [0.29, 0.717) is 25.8 Å². The van der Waals surface area contributed by atoms with Crippen LogP contribution in [0.5, 0.6) is 17.2 Å². The van der Waals surface area contributed by atoms with Crippen LogP contribution in [0.15, 0.2) is 99.0 Å². The number of hydrogen-bond acceptors (Lipinski definition) is 10. The number of carbonyl (C=O) groups excluding carboxylic acids is 4. The quantitative estimate of drug-likeness (QED) is 0.0420. The van der Waals surface area contributed by atoms with Gasteiger partial charge in [0, 0.05) is 52.0 Å². The molecular weight excluding hydrogens is 756 g/mol. The van der Waals surface area contributed by atoms with E-state index in [-0.39, 0.29) is 34.1 Å². The maximum atomic E-state index is 12.9. The first-order valence-corrected chi connectivity index (χ1v) is 15.3. The van der Waals surface area contributed by atoms with Crippen molar-refractivity contribution < 1.29 is 38.3 Å². The summed E-state index contributed by atoms with van der Waals surface area (Å²) in [6, 6.07) is 19.4. The van der Waals surface area contributed by atoms with E-state index in [1.165, 1.54) is 74.9 Å². The number of non-ortho nitro benzene ring substituents is 1. The average Bonchev–Trinajstić information content (AvgIpc) is 3.05. The molecule has 0 aliphatic carbocycles. The Morgan fingerprint density at radius 1 is 0.875 bits per heavy atom. The second-order valence-electron chi connectivity index (χ2n) is 9.61. The number of ether oxygens (including phenoxy) is 3. The molecule has 48 heavy (non-hydrogen) atoms. The number of rotatable bonds is 11. The van der Waals surface area contributed by atoms with Crippen LogP contribution in [0.25, 0.3) is 6.08 Å². The fourth-order valence-electron chi connectivity index (χ4n) is 4.04. The first-order chi connectivity index (χ1) is 22.9. The minimum atomic E-state index is -0.763. The molecule has 0 aliphatic heterocycles. The van der Waals surface area contributed by atoms with Gasteiger partial charge < -0.3 is 19.5 Å². The van der Waals surface area contributed by atoms with Crippen molar-refractivity contribution in [2.75, 3.05) is 12.4 Å². The summed E-state index contributed by atoms with van der Waals surface area (Å²) in [4.78, 5) is 60.1. The summed E-state index contributed by atoms with van der Waals surface area (Å²) in [7, 11) is 1.38. The molecule has 0 bridgehead atoms. The molecule has 0 aliphatic rings. The normalized spacial score (nSPS) is 10.8. The molecule has 0 saturated carbocycles. The number of nitrogens with zero attached hydrogens (tertiary/aromatic N) is 2. The third-order valence-electron chi connectivity index (χ3n) is 6.16. The molecule has 0 atom stereocenters. The Bertz CT molecular complexity index is 1980. The van der Waals surface area contributed by atoms with Crippen LogP contribution in [0.3, 0.4) is 0 Å². The van der Waals surface area contributed by atoms with Crippen molar-refractivity contribution in [3.05, 3.63) is 126 Å². The van der Waals surface area contributed by atoms with Crippen LogP contribution >= 0.6 is 31.9 Å². The largest absolute Gasteiger partial charge is 0.493 e. The monoisotopic (exact) mass is 778 g/mol. The zero-order chi connectivity index (χ0) is 34.8. The SMILES string of the molecule is COc1cc(C(=O)Nc2cccc(C(=O)NN=Cc3cc(Br)cc(Br)c3OC(=O)/C=C/c3cccc([N+](=O)[O-])c3)c2)ccc1OC(C)=O. The van der Waals surface area contributed by atoms with E-state index in [9.17, 15) is 29.3 Å². The van der Waals surface area contributed by atoms with Crippen molar-refractivity contribution in [3.63, 3.8) is 0 Å². The molecular formula is C33H24Br2N4O9. The molecule has 2 N–H and O–H groups in total. The zero-order valence-electron chi connectivity index (χ0n) is 25.1. The van der Waals surface area contributed by atoms with Gasteiger partial charge in [-0.05, 0) is 76.1 Å². The highest BCUT2D eigenvalue weighted by molar-refractivity contribution is 9.11. The number of benzene rings is 4. The van der Waals surface area contributed by atoms with Crippen molar-refractivity contribution in [2.45, 2.75) is 6.92 Å². The van der Waals surface area contributed by atoms with Gasteiger partial charge in [-0.3, -0.25) is 24.5 Å². The van der Waals surface area contributed by atoms with Gasteiger partial charge in [0.25, 0.3) is 17.5 Å². The fraction of sp³-hybridized carbons (Fsp3) is 0.0606. The van der Waals surface area contributed by atoms with Gasteiger partial charge in [0.2, 0.25) is 0 Å². The van der Waals surface area contributed by atoms with Gasteiger partial charge in [0.1, 0.15) is 0 Å². The number of nitro groups is 1. The number of halogens is 2. The Balaban J connectivity index is 1.43. The summed E-state index contributed by atoms with van der Waals surface area (Å²) in [5.74, 6) is -1.94. The van der Waals surface area contributed by atoms with Gasteiger partial charge in [-0.1, -0.05) is 34.1 Å². The average molecular weight is 780 g/mol. The van der Waals surface area contributed by atoms with Crippen molar-refractivity contribution in [1.82, 2.24) is 5.43 Å². The molecule has 0 fully saturated rings. The zero-order valence-corrected chi connectivity index (χ0v) is 28.2. The Morgan fingerprint density at radius 3 is 2.35 bits per heavy atom. The van der Waals surface area contributed by atoms with Gasteiger partial charge in [0.15, 0.2) is 17.2 Å². The van der Waals surface area contributed by atoms with Gasteiger partial charge >= 0.3 is 11.9 Å². The predicted molar refractivity (Wildman–Crippen MR) is 183 cm³/mol. The third-order valence-corrected chi connectivity index (χ3v) is 7.21. The highest BCUT2D eigenvalue weighted by Gasteiger charge is 2.15. The van der Waals surface area contributed by atoms with Gasteiger partial charge in [-0.15, -0.1) is 0 Å². The number of hydrazone groups is 1. The number of nitro benzene ring substituents is 1. The highest BCUT2D eigenvalue weighted by atomic mass is 79.9. The number of esters is 2. The molecule has 2 amide bonds. The smallest absolute Gasteiger partial charge is 0.336 e. The standard InChI is InChI=1S/C33H24Br2N4O9/c1-19(40)47-28-11-10-22(16-29(28)46-2)32(42)37-25-7-4-6-21(15-25)33(43)38-36-18-23-14-24(34)17-27(35)31(23)48-30(41)12-9-20-5-3-8-26(13-20)39(44)45/h3-18H,1-2H3,(H,37,42)(H,38,43)/b12-9+,36-18?. The number of hydrogen-bond donors (Lipinski definition) is 2. The molecule has 15 heteroatoms. The van der Waals surface area contributed by atoms with E-state index in [2.05, 4.69) is 47.7 Å². The molecule has 0 radical (unpaired) electrons. The Hall–Kier alpha value is -5.67. The lowest BCUT2D eigenvalue weighted by Gasteiger charge is -2.11. The van der Waals surface area contributed by atoms with Gasteiger partial charge in [-0.2, -0.15) is 5.10 Å². The predicted octanol–water partition coefficient (Wildman–Crippen LogP) is 6.69. The lowest BCUT2D eigenvalue weighted by molar-refractivity contribution is -0.384. The van der Waals surface area contributed by atoms with Crippen molar-refractivity contribution in [1.29, 1.82) is 0 Å². The number of amides is 2. The summed E-state index contributed by atoms with van der Waals surface area (Å²) in [6.07, 6.45) is 3.78. The minimum absolute atomic E-state index is 0.104. The number of nitrogens with one attached hydrogen (secondary N) is 2. The molecule has 0 saturated heterocycles. The van der Waals surface area contributed by atoms with Crippen molar-refractivity contribution in [3.8, 4) is 17.2 Å². The Morgan fingerprint density at radius 2 is 1.62 bits per heavy atom. The highest BCUT2D eigenvalue weighted by Crippen LogP contribution is 2.32. The molecule has 4 aromatic carbocycles. The summed E-state index contributed by atoms with van der Waals surface area (Å²) in [5, 5.41) is 17.7.